The van der Waals surface area contributed by atoms with Crippen molar-refractivity contribution < 1.29 is 4.42 Å². The molecule has 1 aliphatic heterocycles. The fourth-order valence-corrected chi connectivity index (χ4v) is 2.52. The lowest BCUT2D eigenvalue weighted by Crippen LogP contribution is -2.44. The van der Waals surface area contributed by atoms with Crippen molar-refractivity contribution in [1.29, 1.82) is 0 Å². The first kappa shape index (κ1) is 14.4. The zero-order chi connectivity index (χ0) is 15.2. The lowest BCUT2D eigenvalue weighted by molar-refractivity contribution is 0.272. The Hall–Kier alpha value is -2.49. The van der Waals surface area contributed by atoms with Crippen LogP contribution in [0.15, 0.2) is 63.8 Å². The van der Waals surface area contributed by atoms with Crippen LogP contribution in [0.3, 0.4) is 0 Å². The third-order valence-corrected chi connectivity index (χ3v) is 3.72. The van der Waals surface area contributed by atoms with Gasteiger partial charge in [-0.25, -0.2) is 0 Å². The van der Waals surface area contributed by atoms with Crippen LogP contribution in [0.1, 0.15) is 12.7 Å². The minimum absolute atomic E-state index is 0.859. The molecule has 0 amide bonds. The molecule has 1 aromatic heterocycles. The van der Waals surface area contributed by atoms with Crippen molar-refractivity contribution in [1.82, 2.24) is 5.01 Å². The fourth-order valence-electron chi connectivity index (χ4n) is 2.52. The molecule has 2 heterocycles. The van der Waals surface area contributed by atoms with Crippen LogP contribution in [0.4, 0.5) is 5.69 Å². The first-order chi connectivity index (χ1) is 10.8. The van der Waals surface area contributed by atoms with Crippen LogP contribution in [-0.2, 0) is 0 Å². The van der Waals surface area contributed by atoms with E-state index in [4.69, 9.17) is 4.42 Å². The van der Waals surface area contributed by atoms with Crippen molar-refractivity contribution in [2.24, 2.45) is 5.10 Å². The second kappa shape index (κ2) is 6.98. The van der Waals surface area contributed by atoms with Crippen LogP contribution in [0.5, 0.6) is 0 Å². The Morgan fingerprint density at radius 1 is 1.05 bits per heavy atom. The highest BCUT2D eigenvalue weighted by Gasteiger charge is 2.15. The van der Waals surface area contributed by atoms with Gasteiger partial charge >= 0.3 is 0 Å². The minimum Gasteiger partial charge on any atom is -0.465 e. The molecule has 3 rings (SSSR count). The molecule has 0 radical (unpaired) electrons. The molecule has 1 fully saturated rings. The maximum atomic E-state index is 5.30. The third kappa shape index (κ3) is 3.79. The van der Waals surface area contributed by atoms with Crippen molar-refractivity contribution >= 4 is 18.0 Å². The standard InChI is InChI=1S/C18H21N3O/c1-16(14-18-8-5-13-22-18)15-19-21-11-9-20(10-12-21)17-6-3-2-4-7-17/h2-8,13-15H,9-12H2,1H3/b16-14-,19-15?. The van der Waals surface area contributed by atoms with Gasteiger partial charge < -0.3 is 9.32 Å². The molecule has 1 saturated heterocycles. The van der Waals surface area contributed by atoms with Gasteiger partial charge in [0.15, 0.2) is 0 Å². The number of benzene rings is 1. The van der Waals surface area contributed by atoms with E-state index in [2.05, 4.69) is 45.3 Å². The van der Waals surface area contributed by atoms with Gasteiger partial charge in [0.05, 0.1) is 25.6 Å². The highest BCUT2D eigenvalue weighted by Crippen LogP contribution is 2.15. The molecule has 0 saturated carbocycles. The number of hydrazone groups is 1. The van der Waals surface area contributed by atoms with Crippen molar-refractivity contribution in [3.63, 3.8) is 0 Å². The number of anilines is 1. The molecular weight excluding hydrogens is 274 g/mol. The van der Waals surface area contributed by atoms with Gasteiger partial charge in [-0.15, -0.1) is 0 Å². The van der Waals surface area contributed by atoms with Crippen LogP contribution in [0.25, 0.3) is 6.08 Å². The Labute approximate surface area is 131 Å². The van der Waals surface area contributed by atoms with Crippen LogP contribution in [-0.4, -0.2) is 37.4 Å². The maximum absolute atomic E-state index is 5.30. The molecule has 4 heteroatoms. The van der Waals surface area contributed by atoms with E-state index in [-0.39, 0.29) is 0 Å². The van der Waals surface area contributed by atoms with Crippen molar-refractivity contribution in [2.45, 2.75) is 6.92 Å². The van der Waals surface area contributed by atoms with Gasteiger partial charge in [-0.2, -0.15) is 5.10 Å². The molecule has 0 bridgehead atoms. The zero-order valence-electron chi connectivity index (χ0n) is 12.9. The van der Waals surface area contributed by atoms with E-state index in [1.807, 2.05) is 31.3 Å². The summed E-state index contributed by atoms with van der Waals surface area (Å²) >= 11 is 0. The highest BCUT2D eigenvalue weighted by molar-refractivity contribution is 5.83. The molecule has 1 aliphatic rings. The van der Waals surface area contributed by atoms with Gasteiger partial charge in [-0.05, 0) is 42.8 Å². The first-order valence-corrected chi connectivity index (χ1v) is 7.62. The van der Waals surface area contributed by atoms with Gasteiger partial charge in [0.2, 0.25) is 0 Å². The van der Waals surface area contributed by atoms with Crippen molar-refractivity contribution in [3.05, 3.63) is 60.1 Å². The van der Waals surface area contributed by atoms with Crippen LogP contribution in [0, 0.1) is 0 Å². The summed E-state index contributed by atoms with van der Waals surface area (Å²) in [4.78, 5) is 2.40. The Morgan fingerprint density at radius 3 is 2.50 bits per heavy atom. The Bertz CT molecular complexity index is 624. The van der Waals surface area contributed by atoms with Gasteiger partial charge in [0, 0.05) is 18.8 Å². The summed E-state index contributed by atoms with van der Waals surface area (Å²) in [6.45, 7) is 5.93. The van der Waals surface area contributed by atoms with E-state index in [1.165, 1.54) is 5.69 Å². The highest BCUT2D eigenvalue weighted by atomic mass is 16.3. The van der Waals surface area contributed by atoms with Crippen LogP contribution >= 0.6 is 0 Å². The number of furan rings is 1. The minimum atomic E-state index is 0.859. The van der Waals surface area contributed by atoms with Gasteiger partial charge in [0.1, 0.15) is 5.76 Å². The van der Waals surface area contributed by atoms with Gasteiger partial charge in [-0.3, -0.25) is 5.01 Å². The monoisotopic (exact) mass is 295 g/mol. The molecule has 1 aromatic carbocycles. The number of para-hydroxylation sites is 1. The Morgan fingerprint density at radius 2 is 1.82 bits per heavy atom. The second-order valence-corrected chi connectivity index (χ2v) is 5.42. The van der Waals surface area contributed by atoms with E-state index in [0.717, 1.165) is 37.5 Å². The van der Waals surface area contributed by atoms with E-state index >= 15 is 0 Å². The number of hydrogen-bond donors (Lipinski definition) is 0. The molecule has 22 heavy (non-hydrogen) atoms. The number of piperazine rings is 1. The molecule has 114 valence electrons. The summed E-state index contributed by atoms with van der Waals surface area (Å²) in [6.07, 6.45) is 5.57. The molecule has 4 nitrogen and oxygen atoms in total. The fraction of sp³-hybridized carbons (Fsp3) is 0.278. The molecular formula is C18H21N3O. The topological polar surface area (TPSA) is 32.0 Å². The van der Waals surface area contributed by atoms with Crippen molar-refractivity contribution in [3.8, 4) is 0 Å². The average molecular weight is 295 g/mol. The van der Waals surface area contributed by atoms with Crippen LogP contribution < -0.4 is 4.90 Å². The number of nitrogens with zero attached hydrogens (tertiary/aromatic N) is 3. The van der Waals surface area contributed by atoms with Crippen molar-refractivity contribution in [2.75, 3.05) is 31.1 Å². The zero-order valence-corrected chi connectivity index (χ0v) is 12.9. The Balaban J connectivity index is 1.52. The summed E-state index contributed by atoms with van der Waals surface area (Å²) in [7, 11) is 0. The molecule has 0 unspecified atom stereocenters. The van der Waals surface area contributed by atoms with Gasteiger partial charge in [0.25, 0.3) is 0 Å². The summed E-state index contributed by atoms with van der Waals surface area (Å²) < 4.78 is 5.30. The lowest BCUT2D eigenvalue weighted by atomic mass is 10.2. The Kier molecular flexibility index (Phi) is 4.59. The van der Waals surface area contributed by atoms with E-state index < -0.39 is 0 Å². The molecule has 0 atom stereocenters. The molecule has 0 spiro atoms. The quantitative estimate of drug-likeness (QED) is 0.809. The molecule has 2 aromatic rings. The molecule has 0 N–H and O–H groups in total. The largest absolute Gasteiger partial charge is 0.465 e. The summed E-state index contributed by atoms with van der Waals surface area (Å²) in [6, 6.07) is 14.4. The van der Waals surface area contributed by atoms with Gasteiger partial charge in [-0.1, -0.05) is 18.2 Å². The predicted octanol–water partition coefficient (Wildman–Crippen LogP) is 3.49. The van der Waals surface area contributed by atoms with E-state index in [9.17, 15) is 0 Å². The number of allylic oxidation sites excluding steroid dienone is 1. The number of hydrogen-bond acceptors (Lipinski definition) is 4. The maximum Gasteiger partial charge on any atom is 0.126 e. The average Bonchev–Trinajstić information content (AvgIpc) is 3.07. The second-order valence-electron chi connectivity index (χ2n) is 5.42. The summed E-state index contributed by atoms with van der Waals surface area (Å²) in [5.41, 5.74) is 2.38. The SMILES string of the molecule is C/C(C=NN1CCN(c2ccccc2)CC1)=C/c1ccco1. The van der Waals surface area contributed by atoms with E-state index in [1.54, 1.807) is 6.26 Å². The summed E-state index contributed by atoms with van der Waals surface area (Å²) in [5.74, 6) is 0.859. The normalized spacial score (nSPS) is 16.5. The summed E-state index contributed by atoms with van der Waals surface area (Å²) in [5, 5.41) is 6.69. The lowest BCUT2D eigenvalue weighted by Gasteiger charge is -2.34. The number of rotatable bonds is 4. The first-order valence-electron chi connectivity index (χ1n) is 7.62. The van der Waals surface area contributed by atoms with Crippen LogP contribution in [0.2, 0.25) is 0 Å². The smallest absolute Gasteiger partial charge is 0.126 e. The molecule has 0 aliphatic carbocycles. The predicted molar refractivity (Wildman–Crippen MR) is 91.1 cm³/mol. The van der Waals surface area contributed by atoms with E-state index in [0.29, 0.717) is 0 Å². The third-order valence-electron chi connectivity index (χ3n) is 3.72.